The van der Waals surface area contributed by atoms with Gasteiger partial charge in [0.05, 0.1) is 6.20 Å². The summed E-state index contributed by atoms with van der Waals surface area (Å²) in [6.07, 6.45) is 4.76. The highest BCUT2D eigenvalue weighted by molar-refractivity contribution is 5.35. The molecule has 1 rings (SSSR count). The van der Waals surface area contributed by atoms with Gasteiger partial charge in [0, 0.05) is 0 Å². The maximum Gasteiger partial charge on any atom is 0.182 e. The Morgan fingerprint density at radius 1 is 1.80 bits per heavy atom. The zero-order chi connectivity index (χ0) is 7.40. The van der Waals surface area contributed by atoms with Crippen molar-refractivity contribution >= 4 is 19.0 Å². The van der Waals surface area contributed by atoms with E-state index in [1.165, 1.54) is 6.39 Å². The van der Waals surface area contributed by atoms with Gasteiger partial charge in [0.25, 0.3) is 0 Å². The lowest BCUT2D eigenvalue weighted by Crippen LogP contribution is -2.20. The summed E-state index contributed by atoms with van der Waals surface area (Å²) in [5.41, 5.74) is 0.729. The van der Waals surface area contributed by atoms with Gasteiger partial charge in [-0.15, -0.1) is 0 Å². The van der Waals surface area contributed by atoms with Crippen molar-refractivity contribution in [3.8, 4) is 0 Å². The molecule has 0 unspecified atom stereocenters. The van der Waals surface area contributed by atoms with E-state index in [2.05, 4.69) is 16.7 Å². The summed E-state index contributed by atoms with van der Waals surface area (Å²) in [4.78, 5) is 7.46. The van der Waals surface area contributed by atoms with Gasteiger partial charge in [0.2, 0.25) is 0 Å². The lowest BCUT2D eigenvalue weighted by Gasteiger charge is -1.70. The molecule has 1 aromatic heterocycles. The van der Waals surface area contributed by atoms with E-state index in [9.17, 15) is 0 Å². The Labute approximate surface area is 58.4 Å². The number of hydrogen-bond donors (Lipinski definition) is 0. The predicted octanol–water partition coefficient (Wildman–Crippen LogP) is -0.0864. The third-order valence-electron chi connectivity index (χ3n) is 1.10. The topological polar surface area (TPSA) is 38.4 Å². The first-order chi connectivity index (χ1) is 4.88. The maximum absolute atomic E-state index is 4.98. The fourth-order valence-corrected chi connectivity index (χ4v) is 0.663. The third kappa shape index (κ3) is 1.13. The van der Waals surface area contributed by atoms with Crippen LogP contribution >= 0.6 is 0 Å². The molecule has 3 nitrogen and oxygen atoms in total. The van der Waals surface area contributed by atoms with Gasteiger partial charge in [-0.3, -0.25) is 4.99 Å². The standard InChI is InChI=1S/C7H8N2O/c1-3-7-6(4-8-2)9-5-10-7/h3-5H,2H2,1H3. The van der Waals surface area contributed by atoms with Crippen LogP contribution in [0, 0.1) is 0 Å². The number of aliphatic imine (C=N–C) groups is 1. The van der Waals surface area contributed by atoms with E-state index in [1.807, 2.05) is 13.0 Å². The van der Waals surface area contributed by atoms with Crippen LogP contribution < -0.4 is 10.8 Å². The van der Waals surface area contributed by atoms with Gasteiger partial charge >= 0.3 is 0 Å². The molecule has 1 heterocycles. The van der Waals surface area contributed by atoms with E-state index in [0.29, 0.717) is 0 Å². The molecule has 0 aliphatic carbocycles. The Morgan fingerprint density at radius 3 is 3.20 bits per heavy atom. The molecule has 0 saturated carbocycles. The molecule has 0 radical (unpaired) electrons. The maximum atomic E-state index is 4.98. The first-order valence-electron chi connectivity index (χ1n) is 2.90. The molecular weight excluding hydrogens is 128 g/mol. The van der Waals surface area contributed by atoms with Crippen molar-refractivity contribution in [2.24, 2.45) is 4.99 Å². The minimum absolute atomic E-state index is 0.720. The smallest absolute Gasteiger partial charge is 0.182 e. The van der Waals surface area contributed by atoms with Gasteiger partial charge in [0.1, 0.15) is 5.35 Å². The second kappa shape index (κ2) is 2.96. The number of nitrogens with zero attached hydrogens (tertiary/aromatic N) is 2. The van der Waals surface area contributed by atoms with Crippen LogP contribution in [0.25, 0.3) is 12.3 Å². The number of rotatable bonds is 1. The Bertz CT molecular complexity index is 324. The van der Waals surface area contributed by atoms with Gasteiger partial charge < -0.3 is 4.42 Å². The van der Waals surface area contributed by atoms with Crippen molar-refractivity contribution in [1.29, 1.82) is 0 Å². The molecule has 0 bridgehead atoms. The van der Waals surface area contributed by atoms with E-state index in [0.717, 1.165) is 10.8 Å². The van der Waals surface area contributed by atoms with Crippen molar-refractivity contribution in [2.45, 2.75) is 6.92 Å². The van der Waals surface area contributed by atoms with E-state index in [4.69, 9.17) is 4.42 Å². The minimum Gasteiger partial charge on any atom is -0.444 e. The number of aromatic nitrogens is 1. The van der Waals surface area contributed by atoms with Gasteiger partial charge in [-0.2, -0.15) is 0 Å². The molecule has 0 spiro atoms. The third-order valence-corrected chi connectivity index (χ3v) is 1.10. The van der Waals surface area contributed by atoms with Crippen LogP contribution in [0.5, 0.6) is 0 Å². The van der Waals surface area contributed by atoms with E-state index >= 15 is 0 Å². The minimum atomic E-state index is 0.720. The molecule has 10 heavy (non-hydrogen) atoms. The van der Waals surface area contributed by atoms with Gasteiger partial charge in [-0.1, -0.05) is 0 Å². The first-order valence-corrected chi connectivity index (χ1v) is 2.90. The normalized spacial score (nSPS) is 14.1. The fourth-order valence-electron chi connectivity index (χ4n) is 0.663. The van der Waals surface area contributed by atoms with Crippen LogP contribution in [0.4, 0.5) is 0 Å². The van der Waals surface area contributed by atoms with Gasteiger partial charge in [-0.05, 0) is 19.7 Å². The summed E-state index contributed by atoms with van der Waals surface area (Å²) in [6.45, 7) is 5.19. The molecule has 0 aromatic carbocycles. The van der Waals surface area contributed by atoms with Crippen LogP contribution in [0.2, 0.25) is 0 Å². The highest BCUT2D eigenvalue weighted by Gasteiger charge is 1.84. The van der Waals surface area contributed by atoms with Crippen molar-refractivity contribution in [3.63, 3.8) is 0 Å². The van der Waals surface area contributed by atoms with Gasteiger partial charge in [0.15, 0.2) is 11.8 Å². The summed E-state index contributed by atoms with van der Waals surface area (Å²) < 4.78 is 4.98. The molecule has 52 valence electrons. The molecule has 0 saturated heterocycles. The molecule has 0 amide bonds. The average Bonchev–Trinajstić information content (AvgIpc) is 2.36. The first kappa shape index (κ1) is 6.74. The van der Waals surface area contributed by atoms with E-state index < -0.39 is 0 Å². The molecule has 0 atom stereocenters. The zero-order valence-electron chi connectivity index (χ0n) is 5.74. The zero-order valence-corrected chi connectivity index (χ0v) is 5.74. The van der Waals surface area contributed by atoms with Crippen molar-refractivity contribution in [2.75, 3.05) is 0 Å². The Hall–Kier alpha value is -1.38. The summed E-state index contributed by atoms with van der Waals surface area (Å²) in [5, 5.41) is 0.720. The largest absolute Gasteiger partial charge is 0.444 e. The van der Waals surface area contributed by atoms with E-state index in [1.54, 1.807) is 6.20 Å². The summed E-state index contributed by atoms with van der Waals surface area (Å²) in [7, 11) is 0. The quantitative estimate of drug-likeness (QED) is 0.506. The molecule has 0 aliphatic heterocycles. The molecule has 3 heteroatoms. The second-order valence-electron chi connectivity index (χ2n) is 1.70. The highest BCUT2D eigenvalue weighted by Crippen LogP contribution is 1.65. The lowest BCUT2D eigenvalue weighted by molar-refractivity contribution is 0.524. The molecule has 0 fully saturated rings. The second-order valence-corrected chi connectivity index (χ2v) is 1.70. The molecule has 1 aromatic rings. The highest BCUT2D eigenvalue weighted by atomic mass is 16.3. The molecular formula is C7H8N2O. The van der Waals surface area contributed by atoms with Crippen molar-refractivity contribution in [1.82, 2.24) is 4.98 Å². The summed E-state index contributed by atoms with van der Waals surface area (Å²) in [6, 6.07) is 0. The lowest BCUT2D eigenvalue weighted by atomic mass is 10.5. The van der Waals surface area contributed by atoms with Crippen LogP contribution in [0.3, 0.4) is 0 Å². The number of hydrogen-bond acceptors (Lipinski definition) is 3. The Kier molecular flexibility index (Phi) is 1.99. The summed E-state index contributed by atoms with van der Waals surface area (Å²) >= 11 is 0. The van der Waals surface area contributed by atoms with Crippen LogP contribution in [-0.4, -0.2) is 11.7 Å². The van der Waals surface area contributed by atoms with Crippen molar-refractivity contribution in [3.05, 3.63) is 17.2 Å². The Morgan fingerprint density at radius 2 is 2.60 bits per heavy atom. The molecule has 0 aliphatic rings. The fraction of sp³-hybridized carbons (Fsp3) is 0.143. The van der Waals surface area contributed by atoms with Crippen LogP contribution in [0.1, 0.15) is 6.92 Å². The SMILES string of the molecule is C=NC=c1ncoc1=CC. The monoisotopic (exact) mass is 136 g/mol. The Balaban J connectivity index is 3.41. The van der Waals surface area contributed by atoms with Crippen LogP contribution in [0.15, 0.2) is 15.8 Å². The predicted molar refractivity (Wildman–Crippen MR) is 39.9 cm³/mol. The van der Waals surface area contributed by atoms with E-state index in [-0.39, 0.29) is 0 Å². The summed E-state index contributed by atoms with van der Waals surface area (Å²) in [5.74, 6) is 0. The number of oxazole rings is 1. The van der Waals surface area contributed by atoms with Gasteiger partial charge in [-0.25, -0.2) is 4.98 Å². The van der Waals surface area contributed by atoms with Crippen molar-refractivity contribution < 1.29 is 4.42 Å². The van der Waals surface area contributed by atoms with Crippen LogP contribution in [-0.2, 0) is 0 Å². The molecule has 0 N–H and O–H groups in total. The average molecular weight is 136 g/mol.